The van der Waals surface area contributed by atoms with Gasteiger partial charge < -0.3 is 9.47 Å². The highest BCUT2D eigenvalue weighted by atomic mass is 16.6. The van der Waals surface area contributed by atoms with E-state index in [-0.39, 0.29) is 5.78 Å². The Hall–Kier alpha value is -4.64. The van der Waals surface area contributed by atoms with E-state index >= 15 is 0 Å². The highest BCUT2D eigenvalue weighted by molar-refractivity contribution is 6.06. The van der Waals surface area contributed by atoms with Crippen LogP contribution < -0.4 is 14.4 Å². The lowest BCUT2D eigenvalue weighted by Crippen LogP contribution is -2.29. The standard InChI is InChI=1S/C29H23NO4/c1-33-26-18-16-23(17-19-26)28(31)20-15-22-9-8-14-27(21-22)34-29(32)30(24-10-4-2-5-11-24)25-12-6-3-7-13-25/h2-21H,1H3/b20-15+. The van der Waals surface area contributed by atoms with E-state index in [4.69, 9.17) is 9.47 Å². The molecule has 0 unspecified atom stereocenters. The van der Waals surface area contributed by atoms with Crippen LogP contribution in [0, 0.1) is 0 Å². The summed E-state index contributed by atoms with van der Waals surface area (Å²) in [5.74, 6) is 0.931. The number of allylic oxidation sites excluding steroid dienone is 1. The van der Waals surface area contributed by atoms with Crippen molar-refractivity contribution in [2.75, 3.05) is 12.0 Å². The van der Waals surface area contributed by atoms with Crippen LogP contribution in [-0.2, 0) is 0 Å². The molecule has 0 saturated heterocycles. The van der Waals surface area contributed by atoms with Crippen molar-refractivity contribution in [1.29, 1.82) is 0 Å². The molecule has 5 heteroatoms. The van der Waals surface area contributed by atoms with Crippen LogP contribution in [0.4, 0.5) is 16.2 Å². The molecule has 0 aliphatic heterocycles. The van der Waals surface area contributed by atoms with Crippen molar-refractivity contribution in [3.05, 3.63) is 126 Å². The van der Waals surface area contributed by atoms with Gasteiger partial charge in [-0.25, -0.2) is 9.69 Å². The minimum absolute atomic E-state index is 0.135. The second kappa shape index (κ2) is 10.8. The second-order valence-corrected chi connectivity index (χ2v) is 7.37. The lowest BCUT2D eigenvalue weighted by Gasteiger charge is -2.22. The van der Waals surface area contributed by atoms with Gasteiger partial charge in [-0.3, -0.25) is 4.79 Å². The molecule has 34 heavy (non-hydrogen) atoms. The molecule has 0 atom stereocenters. The highest BCUT2D eigenvalue weighted by Gasteiger charge is 2.20. The van der Waals surface area contributed by atoms with Crippen LogP contribution in [0.3, 0.4) is 0 Å². The lowest BCUT2D eigenvalue weighted by atomic mass is 10.1. The third-order valence-corrected chi connectivity index (χ3v) is 5.08. The van der Waals surface area contributed by atoms with Crippen LogP contribution >= 0.6 is 0 Å². The number of carbonyl (C=O) groups excluding carboxylic acids is 2. The van der Waals surface area contributed by atoms with Gasteiger partial charge in [0.2, 0.25) is 0 Å². The lowest BCUT2D eigenvalue weighted by molar-refractivity contribution is 0.104. The number of anilines is 2. The summed E-state index contributed by atoms with van der Waals surface area (Å²) in [5.41, 5.74) is 2.68. The first-order valence-electron chi connectivity index (χ1n) is 10.7. The molecule has 1 amide bonds. The number of hydrogen-bond donors (Lipinski definition) is 0. The normalized spacial score (nSPS) is 10.6. The van der Waals surface area contributed by atoms with E-state index in [0.717, 1.165) is 5.56 Å². The Balaban J connectivity index is 1.51. The van der Waals surface area contributed by atoms with Gasteiger partial charge in [0.25, 0.3) is 0 Å². The molecule has 0 heterocycles. The summed E-state index contributed by atoms with van der Waals surface area (Å²) in [6.07, 6.45) is 2.65. The van der Waals surface area contributed by atoms with Crippen LogP contribution in [0.5, 0.6) is 11.5 Å². The van der Waals surface area contributed by atoms with Gasteiger partial charge in [-0.2, -0.15) is 0 Å². The largest absolute Gasteiger partial charge is 0.497 e. The van der Waals surface area contributed by atoms with Crippen molar-refractivity contribution in [2.24, 2.45) is 0 Å². The van der Waals surface area contributed by atoms with E-state index in [1.54, 1.807) is 55.7 Å². The van der Waals surface area contributed by atoms with Crippen molar-refractivity contribution in [3.8, 4) is 11.5 Å². The molecule has 0 N–H and O–H groups in total. The molecule has 0 spiro atoms. The first-order chi connectivity index (χ1) is 16.6. The van der Waals surface area contributed by atoms with Crippen molar-refractivity contribution in [3.63, 3.8) is 0 Å². The Kier molecular flexibility index (Phi) is 7.16. The molecule has 0 aliphatic carbocycles. The monoisotopic (exact) mass is 449 g/mol. The van der Waals surface area contributed by atoms with Gasteiger partial charge in [0, 0.05) is 5.56 Å². The first-order valence-corrected chi connectivity index (χ1v) is 10.7. The maximum absolute atomic E-state index is 13.1. The number of hydrogen-bond acceptors (Lipinski definition) is 4. The molecule has 0 bridgehead atoms. The summed E-state index contributed by atoms with van der Waals surface area (Å²) in [4.78, 5) is 27.1. The summed E-state index contributed by atoms with van der Waals surface area (Å²) >= 11 is 0. The van der Waals surface area contributed by atoms with Gasteiger partial charge >= 0.3 is 6.09 Å². The number of rotatable bonds is 7. The van der Waals surface area contributed by atoms with Crippen molar-refractivity contribution in [2.45, 2.75) is 0 Å². The molecule has 4 aromatic rings. The van der Waals surface area contributed by atoms with E-state index in [2.05, 4.69) is 0 Å². The number of ether oxygens (including phenoxy) is 2. The number of ketones is 1. The van der Waals surface area contributed by atoms with E-state index in [0.29, 0.717) is 28.4 Å². The Morgan fingerprint density at radius 3 is 1.91 bits per heavy atom. The molecule has 4 aromatic carbocycles. The van der Waals surface area contributed by atoms with Crippen LogP contribution in [0.1, 0.15) is 15.9 Å². The molecule has 5 nitrogen and oxygen atoms in total. The third-order valence-electron chi connectivity index (χ3n) is 5.08. The highest BCUT2D eigenvalue weighted by Crippen LogP contribution is 2.27. The number of carbonyl (C=O) groups is 2. The molecule has 0 saturated carbocycles. The van der Waals surface area contributed by atoms with Gasteiger partial charge in [0.05, 0.1) is 18.5 Å². The molecule has 168 valence electrons. The number of benzene rings is 4. The van der Waals surface area contributed by atoms with Crippen LogP contribution in [-0.4, -0.2) is 19.0 Å². The third kappa shape index (κ3) is 5.58. The maximum Gasteiger partial charge on any atom is 0.424 e. The van der Waals surface area contributed by atoms with E-state index in [9.17, 15) is 9.59 Å². The Morgan fingerprint density at radius 2 is 1.32 bits per heavy atom. The average molecular weight is 450 g/mol. The first kappa shape index (κ1) is 22.6. The number of nitrogens with zero attached hydrogens (tertiary/aromatic N) is 1. The summed E-state index contributed by atoms with van der Waals surface area (Å²) in [7, 11) is 1.58. The van der Waals surface area contributed by atoms with Crippen LogP contribution in [0.25, 0.3) is 6.08 Å². The van der Waals surface area contributed by atoms with Crippen LogP contribution in [0.2, 0.25) is 0 Å². The zero-order valence-corrected chi connectivity index (χ0v) is 18.6. The fourth-order valence-electron chi connectivity index (χ4n) is 3.37. The number of methoxy groups -OCH3 is 1. The molecule has 0 radical (unpaired) electrons. The predicted octanol–water partition coefficient (Wildman–Crippen LogP) is 6.93. The van der Waals surface area contributed by atoms with E-state index in [1.165, 1.54) is 11.0 Å². The van der Waals surface area contributed by atoms with Crippen molar-refractivity contribution in [1.82, 2.24) is 0 Å². The summed E-state index contributed by atoms with van der Waals surface area (Å²) in [5, 5.41) is 0. The van der Waals surface area contributed by atoms with E-state index in [1.807, 2.05) is 66.7 Å². The fraction of sp³-hybridized carbons (Fsp3) is 0.0345. The zero-order chi connectivity index (χ0) is 23.8. The Bertz CT molecular complexity index is 1240. The van der Waals surface area contributed by atoms with Gasteiger partial charge in [-0.15, -0.1) is 0 Å². The average Bonchev–Trinajstić information content (AvgIpc) is 2.89. The van der Waals surface area contributed by atoms with Crippen molar-refractivity contribution < 1.29 is 19.1 Å². The fourth-order valence-corrected chi connectivity index (χ4v) is 3.37. The number of amides is 1. The summed E-state index contributed by atoms with van der Waals surface area (Å²) in [6.45, 7) is 0. The Labute approximate surface area is 198 Å². The molecule has 4 rings (SSSR count). The van der Waals surface area contributed by atoms with E-state index < -0.39 is 6.09 Å². The van der Waals surface area contributed by atoms with Crippen LogP contribution in [0.15, 0.2) is 115 Å². The summed E-state index contributed by atoms with van der Waals surface area (Å²) < 4.78 is 10.8. The summed E-state index contributed by atoms with van der Waals surface area (Å²) in [6, 6.07) is 32.6. The quantitative estimate of drug-likeness (QED) is 0.227. The molecule has 0 aromatic heterocycles. The number of para-hydroxylation sites is 2. The van der Waals surface area contributed by atoms with Gasteiger partial charge in [-0.05, 0) is 72.3 Å². The SMILES string of the molecule is COc1ccc(C(=O)/C=C/c2cccc(OC(=O)N(c3ccccc3)c3ccccc3)c2)cc1. The molecular weight excluding hydrogens is 426 g/mol. The zero-order valence-electron chi connectivity index (χ0n) is 18.6. The minimum Gasteiger partial charge on any atom is -0.497 e. The van der Waals surface area contributed by atoms with Gasteiger partial charge in [0.15, 0.2) is 5.78 Å². The predicted molar refractivity (Wildman–Crippen MR) is 134 cm³/mol. The molecular formula is C29H23NO4. The molecule has 0 fully saturated rings. The topological polar surface area (TPSA) is 55.8 Å². The van der Waals surface area contributed by atoms with Crippen molar-refractivity contribution >= 4 is 29.3 Å². The Morgan fingerprint density at radius 1 is 0.706 bits per heavy atom. The molecule has 0 aliphatic rings. The van der Waals surface area contributed by atoms with Gasteiger partial charge in [-0.1, -0.05) is 54.6 Å². The second-order valence-electron chi connectivity index (χ2n) is 7.37. The maximum atomic E-state index is 13.1. The minimum atomic E-state index is -0.534. The smallest absolute Gasteiger partial charge is 0.424 e. The van der Waals surface area contributed by atoms with Gasteiger partial charge in [0.1, 0.15) is 11.5 Å².